The van der Waals surface area contributed by atoms with Crippen LogP contribution in [0, 0.1) is 10.1 Å². The molecule has 0 saturated carbocycles. The molecule has 0 N–H and O–H groups in total. The van der Waals surface area contributed by atoms with E-state index in [0.717, 1.165) is 10.5 Å². The number of hydrogen-bond acceptors (Lipinski definition) is 4. The Kier molecular flexibility index (Phi) is 4.20. The van der Waals surface area contributed by atoms with Gasteiger partial charge in [-0.25, -0.2) is 0 Å². The highest BCUT2D eigenvalue weighted by Crippen LogP contribution is 2.34. The van der Waals surface area contributed by atoms with Gasteiger partial charge in [0.25, 0.3) is 0 Å². The largest absolute Gasteiger partial charge is 0.396 e. The maximum Gasteiger partial charge on any atom is 0.396 e. The Bertz CT molecular complexity index is 773. The lowest BCUT2D eigenvalue weighted by Crippen LogP contribution is -2.00. The van der Waals surface area contributed by atoms with Crippen LogP contribution in [0.25, 0.3) is 0 Å². The Hall–Kier alpha value is -2.60. The highest BCUT2D eigenvalue weighted by Gasteiger charge is 2.22. The minimum atomic E-state index is -0.438. The van der Waals surface area contributed by atoms with Crippen LogP contribution in [-0.2, 0) is 6.54 Å². The molecule has 1 aromatic heterocycles. The molecular formula is C16H13N3O2S. The van der Waals surface area contributed by atoms with Crippen molar-refractivity contribution in [2.45, 2.75) is 16.5 Å². The predicted molar refractivity (Wildman–Crippen MR) is 85.0 cm³/mol. The van der Waals surface area contributed by atoms with Crippen LogP contribution in [0.3, 0.4) is 0 Å². The fourth-order valence-corrected chi connectivity index (χ4v) is 3.05. The number of aromatic nitrogens is 2. The molecule has 0 unspecified atom stereocenters. The summed E-state index contributed by atoms with van der Waals surface area (Å²) in [5.74, 6) is -0.107. The van der Waals surface area contributed by atoms with Gasteiger partial charge in [0.1, 0.15) is 0 Å². The second-order valence-corrected chi connectivity index (χ2v) is 5.72. The molecule has 0 spiro atoms. The van der Waals surface area contributed by atoms with Crippen LogP contribution in [0.5, 0.6) is 0 Å². The van der Waals surface area contributed by atoms with Crippen molar-refractivity contribution in [3.8, 4) is 0 Å². The molecule has 3 aromatic rings. The third kappa shape index (κ3) is 3.17. The van der Waals surface area contributed by atoms with E-state index < -0.39 is 4.92 Å². The van der Waals surface area contributed by atoms with Gasteiger partial charge in [0.05, 0.1) is 6.54 Å². The second-order valence-electron chi connectivity index (χ2n) is 4.66. The zero-order valence-corrected chi connectivity index (χ0v) is 12.4. The highest BCUT2D eigenvalue weighted by molar-refractivity contribution is 7.99. The molecule has 6 heteroatoms. The van der Waals surface area contributed by atoms with Gasteiger partial charge in [0.2, 0.25) is 6.33 Å². The molecule has 0 aliphatic rings. The average molecular weight is 311 g/mol. The summed E-state index contributed by atoms with van der Waals surface area (Å²) in [6.07, 6.45) is 1.52. The Balaban J connectivity index is 1.95. The van der Waals surface area contributed by atoms with Gasteiger partial charge in [-0.2, -0.15) is 0 Å². The summed E-state index contributed by atoms with van der Waals surface area (Å²) in [7, 11) is 0. The first-order chi connectivity index (χ1) is 10.7. The predicted octanol–water partition coefficient (Wildman–Crippen LogP) is 3.99. The fourth-order valence-electron chi connectivity index (χ4n) is 2.08. The molecular weight excluding hydrogens is 298 g/mol. The van der Waals surface area contributed by atoms with Crippen LogP contribution in [0.1, 0.15) is 5.56 Å². The standard InChI is InChI=1S/C16H13N3O2S/c20-19(21)15-16(22-14-9-5-2-6-10-14)18(12-17-15)11-13-7-3-1-4-8-13/h1-10,12H,11H2. The quantitative estimate of drug-likeness (QED) is 0.528. The van der Waals surface area contributed by atoms with Gasteiger partial charge in [-0.3, -0.25) is 4.57 Å². The Morgan fingerprint density at radius 1 is 1.05 bits per heavy atom. The zero-order chi connectivity index (χ0) is 15.4. The van der Waals surface area contributed by atoms with E-state index in [4.69, 9.17) is 0 Å². The molecule has 2 aromatic carbocycles. The molecule has 0 bridgehead atoms. The topological polar surface area (TPSA) is 61.0 Å². The number of nitro groups is 1. The van der Waals surface area contributed by atoms with Gasteiger partial charge in [-0.15, -0.1) is 0 Å². The van der Waals surface area contributed by atoms with Gasteiger partial charge in [0.15, 0.2) is 5.03 Å². The molecule has 22 heavy (non-hydrogen) atoms. The third-order valence-corrected chi connectivity index (χ3v) is 4.22. The van der Waals surface area contributed by atoms with Gasteiger partial charge in [-0.1, -0.05) is 60.3 Å². The molecule has 0 saturated heterocycles. The third-order valence-electron chi connectivity index (χ3n) is 3.10. The van der Waals surface area contributed by atoms with Crippen molar-refractivity contribution >= 4 is 17.6 Å². The van der Waals surface area contributed by atoms with Crippen LogP contribution in [0.4, 0.5) is 5.82 Å². The summed E-state index contributed by atoms with van der Waals surface area (Å²) < 4.78 is 1.81. The summed E-state index contributed by atoms with van der Waals surface area (Å²) >= 11 is 1.35. The lowest BCUT2D eigenvalue weighted by atomic mass is 10.2. The molecule has 3 rings (SSSR count). The number of rotatable bonds is 5. The highest BCUT2D eigenvalue weighted by atomic mass is 32.2. The first-order valence-corrected chi connectivity index (χ1v) is 7.52. The minimum absolute atomic E-state index is 0.107. The van der Waals surface area contributed by atoms with E-state index in [2.05, 4.69) is 4.98 Å². The molecule has 0 atom stereocenters. The monoisotopic (exact) mass is 311 g/mol. The Morgan fingerprint density at radius 3 is 2.32 bits per heavy atom. The smallest absolute Gasteiger partial charge is 0.358 e. The van der Waals surface area contributed by atoms with E-state index in [0.29, 0.717) is 11.6 Å². The first kappa shape index (κ1) is 14.3. The first-order valence-electron chi connectivity index (χ1n) is 6.70. The minimum Gasteiger partial charge on any atom is -0.358 e. The molecule has 0 amide bonds. The second kappa shape index (κ2) is 6.44. The van der Waals surface area contributed by atoms with Gasteiger partial charge in [0, 0.05) is 4.90 Å². The van der Waals surface area contributed by atoms with Gasteiger partial charge in [-0.05, 0) is 27.6 Å². The lowest BCUT2D eigenvalue weighted by Gasteiger charge is -2.07. The van der Waals surface area contributed by atoms with Crippen molar-refractivity contribution in [1.82, 2.24) is 9.55 Å². The lowest BCUT2D eigenvalue weighted by molar-refractivity contribution is -0.392. The molecule has 0 fully saturated rings. The Labute approximate surface area is 131 Å². The van der Waals surface area contributed by atoms with E-state index >= 15 is 0 Å². The number of nitrogens with zero attached hydrogens (tertiary/aromatic N) is 3. The van der Waals surface area contributed by atoms with Crippen molar-refractivity contribution in [2.24, 2.45) is 0 Å². The van der Waals surface area contributed by atoms with E-state index in [1.165, 1.54) is 18.1 Å². The molecule has 0 radical (unpaired) electrons. The van der Waals surface area contributed by atoms with Crippen molar-refractivity contribution < 1.29 is 4.92 Å². The maximum atomic E-state index is 11.2. The number of benzene rings is 2. The summed E-state index contributed by atoms with van der Waals surface area (Å²) in [5.41, 5.74) is 1.07. The zero-order valence-electron chi connectivity index (χ0n) is 11.6. The van der Waals surface area contributed by atoms with Crippen LogP contribution in [-0.4, -0.2) is 14.5 Å². The van der Waals surface area contributed by atoms with E-state index in [9.17, 15) is 10.1 Å². The molecule has 0 aliphatic carbocycles. The Morgan fingerprint density at radius 2 is 1.68 bits per heavy atom. The molecule has 110 valence electrons. The maximum absolute atomic E-state index is 11.2. The van der Waals surface area contributed by atoms with Crippen LogP contribution in [0.2, 0.25) is 0 Å². The van der Waals surface area contributed by atoms with Crippen molar-refractivity contribution in [3.05, 3.63) is 82.7 Å². The van der Waals surface area contributed by atoms with Crippen LogP contribution < -0.4 is 0 Å². The normalized spacial score (nSPS) is 10.5. The van der Waals surface area contributed by atoms with Crippen molar-refractivity contribution in [1.29, 1.82) is 0 Å². The fraction of sp³-hybridized carbons (Fsp3) is 0.0625. The molecule has 0 aliphatic heterocycles. The molecule has 5 nitrogen and oxygen atoms in total. The van der Waals surface area contributed by atoms with E-state index in [1.807, 2.05) is 65.2 Å². The van der Waals surface area contributed by atoms with Crippen LogP contribution >= 0.6 is 11.8 Å². The summed E-state index contributed by atoms with van der Waals surface area (Å²) in [6, 6.07) is 19.4. The van der Waals surface area contributed by atoms with E-state index in [1.54, 1.807) is 0 Å². The summed E-state index contributed by atoms with van der Waals surface area (Å²) in [4.78, 5) is 15.7. The van der Waals surface area contributed by atoms with Gasteiger partial charge >= 0.3 is 5.82 Å². The van der Waals surface area contributed by atoms with Crippen LogP contribution in [0.15, 0.2) is 76.9 Å². The average Bonchev–Trinajstić information content (AvgIpc) is 2.92. The van der Waals surface area contributed by atoms with Gasteiger partial charge < -0.3 is 10.1 Å². The number of imidazole rings is 1. The van der Waals surface area contributed by atoms with Crippen molar-refractivity contribution in [3.63, 3.8) is 0 Å². The summed E-state index contributed by atoms with van der Waals surface area (Å²) in [5, 5.41) is 11.7. The summed E-state index contributed by atoms with van der Waals surface area (Å²) in [6.45, 7) is 0.552. The molecule has 1 heterocycles. The number of hydrogen-bond donors (Lipinski definition) is 0. The van der Waals surface area contributed by atoms with E-state index in [-0.39, 0.29) is 5.82 Å². The SMILES string of the molecule is O=[N+]([O-])c1ncn(Cc2ccccc2)c1Sc1ccccc1. The van der Waals surface area contributed by atoms with Crippen molar-refractivity contribution in [2.75, 3.05) is 0 Å².